The van der Waals surface area contributed by atoms with Crippen molar-refractivity contribution in [2.45, 2.75) is 13.0 Å². The zero-order valence-electron chi connectivity index (χ0n) is 14.3. The second kappa shape index (κ2) is 8.10. The topological polar surface area (TPSA) is 68.8 Å². The molecule has 0 radical (unpaired) electrons. The summed E-state index contributed by atoms with van der Waals surface area (Å²) in [5.74, 6) is 1.95. The largest absolute Gasteiger partial charge is 0.497 e. The lowest BCUT2D eigenvalue weighted by molar-refractivity contribution is 0.249. The Bertz CT molecular complexity index is 703. The van der Waals surface area contributed by atoms with Gasteiger partial charge in [0.25, 0.3) is 0 Å². The molecule has 1 atom stereocenters. The van der Waals surface area contributed by atoms with Crippen molar-refractivity contribution in [2.75, 3.05) is 26.6 Å². The number of anilines is 1. The first-order valence-corrected chi connectivity index (χ1v) is 7.51. The molecule has 0 fully saturated rings. The molecule has 2 amide bonds. The Morgan fingerprint density at radius 2 is 1.71 bits per heavy atom. The van der Waals surface area contributed by atoms with Gasteiger partial charge in [0.1, 0.15) is 5.75 Å². The fourth-order valence-corrected chi connectivity index (χ4v) is 2.27. The number of rotatable bonds is 6. The SMILES string of the molecule is COc1cccc(NC(=O)NC(C)c2ccc(OC)c(OC)c2)c1. The molecule has 24 heavy (non-hydrogen) atoms. The highest BCUT2D eigenvalue weighted by Crippen LogP contribution is 2.29. The van der Waals surface area contributed by atoms with Crippen molar-refractivity contribution >= 4 is 11.7 Å². The summed E-state index contributed by atoms with van der Waals surface area (Å²) in [4.78, 5) is 12.2. The summed E-state index contributed by atoms with van der Waals surface area (Å²) >= 11 is 0. The minimum Gasteiger partial charge on any atom is -0.497 e. The molecule has 0 saturated carbocycles. The lowest BCUT2D eigenvalue weighted by Gasteiger charge is -2.17. The molecule has 2 aromatic rings. The van der Waals surface area contributed by atoms with Crippen molar-refractivity contribution in [3.63, 3.8) is 0 Å². The third kappa shape index (κ3) is 4.32. The van der Waals surface area contributed by atoms with Gasteiger partial charge in [-0.15, -0.1) is 0 Å². The molecule has 0 aromatic heterocycles. The Labute approximate surface area is 141 Å². The Kier molecular flexibility index (Phi) is 5.89. The van der Waals surface area contributed by atoms with Gasteiger partial charge in [-0.25, -0.2) is 4.79 Å². The van der Waals surface area contributed by atoms with Gasteiger partial charge in [-0.1, -0.05) is 12.1 Å². The lowest BCUT2D eigenvalue weighted by Crippen LogP contribution is -2.31. The van der Waals surface area contributed by atoms with Crippen LogP contribution in [-0.2, 0) is 0 Å². The maximum atomic E-state index is 12.2. The summed E-state index contributed by atoms with van der Waals surface area (Å²) in [6, 6.07) is 12.2. The minimum absolute atomic E-state index is 0.199. The van der Waals surface area contributed by atoms with E-state index in [9.17, 15) is 4.79 Å². The van der Waals surface area contributed by atoms with E-state index in [4.69, 9.17) is 14.2 Å². The van der Waals surface area contributed by atoms with E-state index in [0.717, 1.165) is 5.56 Å². The summed E-state index contributed by atoms with van der Waals surface area (Å²) in [6.07, 6.45) is 0. The molecule has 0 saturated heterocycles. The number of amides is 2. The average Bonchev–Trinajstić information content (AvgIpc) is 2.60. The van der Waals surface area contributed by atoms with Gasteiger partial charge in [0.2, 0.25) is 0 Å². The average molecular weight is 330 g/mol. The van der Waals surface area contributed by atoms with Crippen LogP contribution in [0.5, 0.6) is 17.2 Å². The standard InChI is InChI=1S/C18H22N2O4/c1-12(13-8-9-16(23-3)17(10-13)24-4)19-18(21)20-14-6-5-7-15(11-14)22-2/h5-12H,1-4H3,(H2,19,20,21). The van der Waals surface area contributed by atoms with Crippen molar-refractivity contribution in [3.8, 4) is 17.2 Å². The van der Waals surface area contributed by atoms with Gasteiger partial charge in [-0.3, -0.25) is 0 Å². The molecule has 6 nitrogen and oxygen atoms in total. The Morgan fingerprint density at radius 3 is 2.38 bits per heavy atom. The third-order valence-corrected chi connectivity index (χ3v) is 3.58. The molecule has 2 N–H and O–H groups in total. The van der Waals surface area contributed by atoms with Crippen LogP contribution >= 0.6 is 0 Å². The number of nitrogens with one attached hydrogen (secondary N) is 2. The van der Waals surface area contributed by atoms with E-state index < -0.39 is 0 Å². The number of hydrogen-bond donors (Lipinski definition) is 2. The van der Waals surface area contributed by atoms with E-state index in [-0.39, 0.29) is 12.1 Å². The number of carbonyl (C=O) groups is 1. The zero-order valence-corrected chi connectivity index (χ0v) is 14.3. The zero-order chi connectivity index (χ0) is 17.5. The van der Waals surface area contributed by atoms with E-state index >= 15 is 0 Å². The fourth-order valence-electron chi connectivity index (χ4n) is 2.27. The smallest absolute Gasteiger partial charge is 0.319 e. The maximum absolute atomic E-state index is 12.2. The molecule has 2 aromatic carbocycles. The van der Waals surface area contributed by atoms with Crippen LogP contribution in [-0.4, -0.2) is 27.4 Å². The predicted molar refractivity (Wildman–Crippen MR) is 93.1 cm³/mol. The van der Waals surface area contributed by atoms with Crippen molar-refractivity contribution < 1.29 is 19.0 Å². The number of benzene rings is 2. The van der Waals surface area contributed by atoms with Gasteiger partial charge in [-0.2, -0.15) is 0 Å². The van der Waals surface area contributed by atoms with E-state index in [1.54, 1.807) is 33.5 Å². The predicted octanol–water partition coefficient (Wildman–Crippen LogP) is 3.60. The number of ether oxygens (including phenoxy) is 3. The van der Waals surface area contributed by atoms with Gasteiger partial charge < -0.3 is 24.8 Å². The normalized spacial score (nSPS) is 11.3. The van der Waals surface area contributed by atoms with E-state index in [0.29, 0.717) is 22.9 Å². The second-order valence-electron chi connectivity index (χ2n) is 5.17. The van der Waals surface area contributed by atoms with E-state index in [1.165, 1.54) is 0 Å². The Hall–Kier alpha value is -2.89. The van der Waals surface area contributed by atoms with E-state index in [2.05, 4.69) is 10.6 Å². The number of hydrogen-bond acceptors (Lipinski definition) is 4. The molecule has 0 spiro atoms. The quantitative estimate of drug-likeness (QED) is 0.849. The summed E-state index contributed by atoms with van der Waals surface area (Å²) in [5, 5.41) is 5.67. The third-order valence-electron chi connectivity index (χ3n) is 3.58. The Morgan fingerprint density at radius 1 is 0.958 bits per heavy atom. The van der Waals surface area contributed by atoms with Crippen LogP contribution in [0.3, 0.4) is 0 Å². The Balaban J connectivity index is 2.03. The molecule has 0 heterocycles. The molecular formula is C18H22N2O4. The highest BCUT2D eigenvalue weighted by Gasteiger charge is 2.13. The van der Waals surface area contributed by atoms with Gasteiger partial charge in [0.15, 0.2) is 11.5 Å². The summed E-state index contributed by atoms with van der Waals surface area (Å²) in [6.45, 7) is 1.90. The first-order chi connectivity index (χ1) is 11.6. The molecule has 0 aliphatic carbocycles. The number of carbonyl (C=O) groups excluding carboxylic acids is 1. The minimum atomic E-state index is -0.300. The van der Waals surface area contributed by atoms with Crippen molar-refractivity contribution in [2.24, 2.45) is 0 Å². The molecule has 0 aliphatic heterocycles. The van der Waals surface area contributed by atoms with Crippen LogP contribution in [0.25, 0.3) is 0 Å². The first-order valence-electron chi connectivity index (χ1n) is 7.51. The van der Waals surface area contributed by atoms with Gasteiger partial charge >= 0.3 is 6.03 Å². The highest BCUT2D eigenvalue weighted by molar-refractivity contribution is 5.89. The van der Waals surface area contributed by atoms with Crippen molar-refractivity contribution in [3.05, 3.63) is 48.0 Å². The molecule has 6 heteroatoms. The molecule has 1 unspecified atom stereocenters. The van der Waals surface area contributed by atoms with Crippen LogP contribution in [0.4, 0.5) is 10.5 Å². The van der Waals surface area contributed by atoms with Gasteiger partial charge in [-0.05, 0) is 36.8 Å². The van der Waals surface area contributed by atoms with Crippen LogP contribution in [0, 0.1) is 0 Å². The fraction of sp³-hybridized carbons (Fsp3) is 0.278. The number of urea groups is 1. The van der Waals surface area contributed by atoms with E-state index in [1.807, 2.05) is 37.3 Å². The molecule has 2 rings (SSSR count). The molecule has 128 valence electrons. The summed E-state index contributed by atoms with van der Waals surface area (Å²) in [7, 11) is 4.74. The first kappa shape index (κ1) is 17.5. The van der Waals surface area contributed by atoms with Gasteiger partial charge in [0.05, 0.1) is 27.4 Å². The lowest BCUT2D eigenvalue weighted by atomic mass is 10.1. The maximum Gasteiger partial charge on any atom is 0.319 e. The summed E-state index contributed by atoms with van der Waals surface area (Å²) in [5.41, 5.74) is 1.57. The van der Waals surface area contributed by atoms with Gasteiger partial charge in [0, 0.05) is 11.8 Å². The van der Waals surface area contributed by atoms with Crippen molar-refractivity contribution in [1.82, 2.24) is 5.32 Å². The van der Waals surface area contributed by atoms with Crippen molar-refractivity contribution in [1.29, 1.82) is 0 Å². The van der Waals surface area contributed by atoms with Crippen LogP contribution < -0.4 is 24.8 Å². The second-order valence-corrected chi connectivity index (χ2v) is 5.17. The number of methoxy groups -OCH3 is 3. The van der Waals surface area contributed by atoms with Crippen LogP contribution in [0.2, 0.25) is 0 Å². The van der Waals surface area contributed by atoms with Crippen LogP contribution in [0.15, 0.2) is 42.5 Å². The molecular weight excluding hydrogens is 308 g/mol. The molecule has 0 aliphatic rings. The summed E-state index contributed by atoms with van der Waals surface area (Å²) < 4.78 is 15.6. The van der Waals surface area contributed by atoms with Crippen LogP contribution in [0.1, 0.15) is 18.5 Å². The highest BCUT2D eigenvalue weighted by atomic mass is 16.5. The monoisotopic (exact) mass is 330 g/mol. The molecule has 0 bridgehead atoms.